The summed E-state index contributed by atoms with van der Waals surface area (Å²) in [6, 6.07) is 0. The second kappa shape index (κ2) is 7.61. The molecule has 9 atom stereocenters. The number of halogens is 3. The maximum Gasteiger partial charge on any atom is 0.416 e. The molecule has 4 aliphatic carbocycles. The van der Waals surface area contributed by atoms with Crippen molar-refractivity contribution in [1.29, 1.82) is 0 Å². The van der Waals surface area contributed by atoms with E-state index in [1.165, 1.54) is 32.1 Å². The van der Waals surface area contributed by atoms with Crippen LogP contribution < -0.4 is 0 Å². The van der Waals surface area contributed by atoms with Crippen molar-refractivity contribution in [3.63, 3.8) is 0 Å². The lowest BCUT2D eigenvalue weighted by Crippen LogP contribution is -2.55. The zero-order valence-electron chi connectivity index (χ0n) is 19.9. The summed E-state index contributed by atoms with van der Waals surface area (Å²) in [5.74, 6) is 3.29. The number of aliphatic hydroxyl groups is 2. The molecule has 4 aliphatic rings. The third kappa shape index (κ3) is 3.98. The van der Waals surface area contributed by atoms with E-state index in [4.69, 9.17) is 0 Å². The molecule has 6 unspecified atom stereocenters. The Labute approximate surface area is 186 Å². The van der Waals surface area contributed by atoms with Crippen LogP contribution in [-0.4, -0.2) is 27.6 Å². The molecule has 0 aromatic heterocycles. The molecular formula is C26H43F3O2. The number of alkyl halides is 3. The molecule has 31 heavy (non-hydrogen) atoms. The predicted molar refractivity (Wildman–Crippen MR) is 116 cm³/mol. The smallest absolute Gasteiger partial charge is 0.390 e. The molecule has 0 spiro atoms. The number of fused-ring (bicyclic) bond motifs is 5. The van der Waals surface area contributed by atoms with Crippen molar-refractivity contribution < 1.29 is 23.4 Å². The van der Waals surface area contributed by atoms with Crippen LogP contribution in [0.2, 0.25) is 0 Å². The van der Waals surface area contributed by atoms with Crippen molar-refractivity contribution in [1.82, 2.24) is 0 Å². The molecule has 2 nitrogen and oxygen atoms in total. The molecule has 180 valence electrons. The van der Waals surface area contributed by atoms with Gasteiger partial charge in [0.1, 0.15) is 0 Å². The highest BCUT2D eigenvalue weighted by Crippen LogP contribution is 2.68. The van der Waals surface area contributed by atoms with Crippen LogP contribution in [0.15, 0.2) is 0 Å². The van der Waals surface area contributed by atoms with E-state index in [-0.39, 0.29) is 11.8 Å². The Bertz CT molecular complexity index is 672. The Kier molecular flexibility index (Phi) is 5.86. The Morgan fingerprint density at radius 2 is 1.55 bits per heavy atom. The van der Waals surface area contributed by atoms with E-state index in [1.807, 2.05) is 6.92 Å². The Morgan fingerprint density at radius 1 is 0.871 bits per heavy atom. The highest BCUT2D eigenvalue weighted by atomic mass is 19.4. The zero-order chi connectivity index (χ0) is 22.9. The summed E-state index contributed by atoms with van der Waals surface area (Å²) >= 11 is 0. The van der Waals surface area contributed by atoms with E-state index in [0.717, 1.165) is 50.9 Å². The summed E-state index contributed by atoms with van der Waals surface area (Å²) in [5, 5.41) is 20.5. The molecule has 0 saturated heterocycles. The van der Waals surface area contributed by atoms with Crippen LogP contribution in [0.3, 0.4) is 0 Å². The minimum Gasteiger partial charge on any atom is -0.390 e. The first-order chi connectivity index (χ1) is 14.2. The average Bonchev–Trinajstić information content (AvgIpc) is 2.98. The van der Waals surface area contributed by atoms with Crippen LogP contribution in [-0.2, 0) is 0 Å². The van der Waals surface area contributed by atoms with Gasteiger partial charge in [-0.3, -0.25) is 0 Å². The highest BCUT2D eigenvalue weighted by Gasteiger charge is 2.60. The predicted octanol–water partition coefficient (Wildman–Crippen LogP) is 6.88. The van der Waals surface area contributed by atoms with E-state index in [1.54, 1.807) is 0 Å². The van der Waals surface area contributed by atoms with Crippen LogP contribution in [0.25, 0.3) is 0 Å². The molecule has 0 aromatic carbocycles. The van der Waals surface area contributed by atoms with E-state index in [2.05, 4.69) is 13.8 Å². The normalized spacial score (nSPS) is 49.6. The lowest BCUT2D eigenvalue weighted by atomic mass is 9.44. The first-order valence-corrected chi connectivity index (χ1v) is 12.7. The van der Waals surface area contributed by atoms with Crippen LogP contribution in [0.1, 0.15) is 105 Å². The van der Waals surface area contributed by atoms with E-state index in [0.29, 0.717) is 29.6 Å². The molecule has 5 heteroatoms. The summed E-state index contributed by atoms with van der Waals surface area (Å²) in [4.78, 5) is 0. The summed E-state index contributed by atoms with van der Waals surface area (Å²) in [7, 11) is 0. The van der Waals surface area contributed by atoms with Gasteiger partial charge in [0, 0.05) is 0 Å². The summed E-state index contributed by atoms with van der Waals surface area (Å²) < 4.78 is 39.1. The SMILES string of the molecule is CC12CC[C@](C)(O)CC1CCC1C2CCC2(C)[C@@H](CCCC(C)(O)C(F)(F)F)CC[C@@H]12. The van der Waals surface area contributed by atoms with Gasteiger partial charge in [0.25, 0.3) is 0 Å². The van der Waals surface area contributed by atoms with E-state index in [9.17, 15) is 23.4 Å². The molecule has 0 amide bonds. The van der Waals surface area contributed by atoms with Crippen molar-refractivity contribution in [2.24, 2.45) is 40.4 Å². The van der Waals surface area contributed by atoms with Gasteiger partial charge in [-0.15, -0.1) is 0 Å². The van der Waals surface area contributed by atoms with E-state index < -0.39 is 17.4 Å². The van der Waals surface area contributed by atoms with Gasteiger partial charge in [0.15, 0.2) is 5.60 Å². The Hall–Kier alpha value is -0.290. The third-order valence-corrected chi connectivity index (χ3v) is 11.0. The minimum atomic E-state index is -4.55. The first kappa shape index (κ1) is 23.9. The van der Waals surface area contributed by atoms with Gasteiger partial charge in [0.2, 0.25) is 0 Å². The fourth-order valence-electron chi connectivity index (χ4n) is 8.85. The molecule has 4 fully saturated rings. The molecule has 0 radical (unpaired) electrons. The second-order valence-corrected chi connectivity index (χ2v) is 12.8. The number of rotatable bonds is 4. The molecule has 0 aromatic rings. The average molecular weight is 445 g/mol. The zero-order valence-corrected chi connectivity index (χ0v) is 19.9. The Morgan fingerprint density at radius 3 is 2.23 bits per heavy atom. The highest BCUT2D eigenvalue weighted by molar-refractivity contribution is 5.10. The second-order valence-electron chi connectivity index (χ2n) is 12.8. The summed E-state index contributed by atoms with van der Waals surface area (Å²) in [6.07, 6.45) is 6.75. The third-order valence-electron chi connectivity index (χ3n) is 11.0. The molecule has 4 rings (SSSR count). The largest absolute Gasteiger partial charge is 0.416 e. The Balaban J connectivity index is 1.42. The van der Waals surface area contributed by atoms with Crippen molar-refractivity contribution in [3.05, 3.63) is 0 Å². The lowest BCUT2D eigenvalue weighted by molar-refractivity contribution is -0.255. The van der Waals surface area contributed by atoms with Crippen LogP contribution in [0.5, 0.6) is 0 Å². The van der Waals surface area contributed by atoms with Crippen molar-refractivity contribution in [2.45, 2.75) is 122 Å². The van der Waals surface area contributed by atoms with Gasteiger partial charge in [-0.25, -0.2) is 0 Å². The maximum atomic E-state index is 13.0. The van der Waals surface area contributed by atoms with Crippen LogP contribution in [0.4, 0.5) is 13.2 Å². The molecule has 4 saturated carbocycles. The van der Waals surface area contributed by atoms with Crippen LogP contribution in [0, 0.1) is 40.4 Å². The summed E-state index contributed by atoms with van der Waals surface area (Å²) in [5.41, 5.74) is -2.49. The standard InChI is InChI=1S/C26H43F3O2/c1-22(30)14-15-24(3)18(16-22)7-9-19-20-10-8-17(23(20,2)13-11-21(19)24)6-5-12-25(4,31)26(27,28)29/h17-21,30-31H,5-16H2,1-4H3/t17-,18?,19?,20-,21?,22-,23?,24?,25?/m0/s1. The minimum absolute atomic E-state index is 0.195. The van der Waals surface area contributed by atoms with Crippen molar-refractivity contribution >= 4 is 0 Å². The molecule has 0 aliphatic heterocycles. The molecule has 0 heterocycles. The van der Waals surface area contributed by atoms with E-state index >= 15 is 0 Å². The van der Waals surface area contributed by atoms with Gasteiger partial charge in [0.05, 0.1) is 5.60 Å². The first-order valence-electron chi connectivity index (χ1n) is 12.7. The quantitative estimate of drug-likeness (QED) is 0.496. The van der Waals surface area contributed by atoms with Crippen molar-refractivity contribution in [3.8, 4) is 0 Å². The van der Waals surface area contributed by atoms with Gasteiger partial charge < -0.3 is 10.2 Å². The van der Waals surface area contributed by atoms with Crippen molar-refractivity contribution in [2.75, 3.05) is 0 Å². The number of hydrogen-bond acceptors (Lipinski definition) is 2. The fraction of sp³-hybridized carbons (Fsp3) is 1.00. The van der Waals surface area contributed by atoms with Crippen LogP contribution >= 0.6 is 0 Å². The summed E-state index contributed by atoms with van der Waals surface area (Å²) in [6.45, 7) is 7.85. The van der Waals surface area contributed by atoms with Gasteiger partial charge in [-0.2, -0.15) is 13.2 Å². The topological polar surface area (TPSA) is 40.5 Å². The molecule has 0 bridgehead atoms. The molecular weight excluding hydrogens is 401 g/mol. The van der Waals surface area contributed by atoms with Gasteiger partial charge in [-0.1, -0.05) is 13.8 Å². The molecule has 2 N–H and O–H groups in total. The maximum absolute atomic E-state index is 13.0. The van der Waals surface area contributed by atoms with Gasteiger partial charge in [-0.05, 0) is 131 Å². The van der Waals surface area contributed by atoms with Gasteiger partial charge >= 0.3 is 6.18 Å². The number of hydrogen-bond donors (Lipinski definition) is 2. The fourth-order valence-corrected chi connectivity index (χ4v) is 8.85. The monoisotopic (exact) mass is 444 g/mol. The lowest BCUT2D eigenvalue weighted by Gasteiger charge is -2.62.